The van der Waals surface area contributed by atoms with Crippen molar-refractivity contribution in [1.82, 2.24) is 5.32 Å². The molecular formula is C8H17NO3. The van der Waals surface area contributed by atoms with Crippen LogP contribution in [0.15, 0.2) is 0 Å². The zero-order chi connectivity index (χ0) is 9.56. The van der Waals surface area contributed by atoms with Crippen molar-refractivity contribution in [3.05, 3.63) is 0 Å². The number of ether oxygens (including phenoxy) is 1. The maximum absolute atomic E-state index is 10.8. The van der Waals surface area contributed by atoms with Gasteiger partial charge in [-0.25, -0.2) is 4.79 Å². The van der Waals surface area contributed by atoms with Gasteiger partial charge in [-0.15, -0.1) is 0 Å². The number of rotatable bonds is 4. The Balaban J connectivity index is 3.34. The Hall–Kier alpha value is -0.770. The van der Waals surface area contributed by atoms with Gasteiger partial charge in [-0.05, 0) is 12.8 Å². The van der Waals surface area contributed by atoms with Crippen molar-refractivity contribution in [1.29, 1.82) is 0 Å². The van der Waals surface area contributed by atoms with E-state index in [1.165, 1.54) is 0 Å². The van der Waals surface area contributed by atoms with E-state index in [1.54, 1.807) is 6.92 Å². The van der Waals surface area contributed by atoms with Crippen molar-refractivity contribution in [3.63, 3.8) is 0 Å². The average molecular weight is 175 g/mol. The lowest BCUT2D eigenvalue weighted by Gasteiger charge is -2.09. The minimum Gasteiger partial charge on any atom is -0.449 e. The fourth-order valence-electron chi connectivity index (χ4n) is 0.524. The molecule has 0 rings (SSSR count). The maximum atomic E-state index is 10.8. The minimum absolute atomic E-state index is 0.233. The number of alkyl carbamates (subject to hydrolysis) is 1. The molecule has 0 saturated heterocycles. The number of nitrogens with one attached hydrogen (secondary N) is 1. The largest absolute Gasteiger partial charge is 0.449 e. The summed E-state index contributed by atoms with van der Waals surface area (Å²) in [5.74, 6) is 0.335. The molecule has 0 heterocycles. The zero-order valence-corrected chi connectivity index (χ0v) is 7.83. The Morgan fingerprint density at radius 1 is 1.50 bits per heavy atom. The van der Waals surface area contributed by atoms with Crippen molar-refractivity contribution < 1.29 is 14.6 Å². The topological polar surface area (TPSA) is 58.6 Å². The molecule has 0 aromatic carbocycles. The molecule has 0 fully saturated rings. The smallest absolute Gasteiger partial charge is 0.407 e. The molecule has 0 radical (unpaired) electrons. The van der Waals surface area contributed by atoms with Gasteiger partial charge >= 0.3 is 6.09 Å². The average Bonchev–Trinajstić information content (AvgIpc) is 1.96. The van der Waals surface area contributed by atoms with E-state index in [9.17, 15) is 4.79 Å². The first-order valence-corrected chi connectivity index (χ1v) is 4.11. The van der Waals surface area contributed by atoms with E-state index in [4.69, 9.17) is 9.84 Å². The number of aliphatic hydroxyl groups excluding tert-OH is 1. The van der Waals surface area contributed by atoms with Crippen molar-refractivity contribution in [3.8, 4) is 0 Å². The van der Waals surface area contributed by atoms with E-state index in [2.05, 4.69) is 5.32 Å². The second-order valence-electron chi connectivity index (χ2n) is 3.22. The van der Waals surface area contributed by atoms with Gasteiger partial charge in [0.05, 0.1) is 12.7 Å². The van der Waals surface area contributed by atoms with Crippen LogP contribution < -0.4 is 5.32 Å². The van der Waals surface area contributed by atoms with Crippen molar-refractivity contribution in [2.45, 2.75) is 26.9 Å². The molecule has 1 amide bonds. The van der Waals surface area contributed by atoms with E-state index in [1.807, 2.05) is 13.8 Å². The molecule has 72 valence electrons. The first-order valence-electron chi connectivity index (χ1n) is 4.11. The first-order chi connectivity index (χ1) is 5.52. The molecule has 4 nitrogen and oxygen atoms in total. The standard InChI is InChI=1S/C8H17NO3/c1-6(2)5-12-8(11)9-4-7(3)10/h6-7,10H,4-5H2,1-3H3,(H,9,11)/t7-/m0/s1. The number of carbonyl (C=O) groups excluding carboxylic acids is 1. The summed E-state index contributed by atoms with van der Waals surface area (Å²) in [6.07, 6.45) is -0.999. The molecule has 0 aliphatic carbocycles. The Morgan fingerprint density at radius 2 is 2.08 bits per heavy atom. The normalized spacial score (nSPS) is 12.8. The molecule has 0 aliphatic heterocycles. The van der Waals surface area contributed by atoms with Crippen LogP contribution in [0.25, 0.3) is 0 Å². The number of aliphatic hydroxyl groups is 1. The highest BCUT2D eigenvalue weighted by Gasteiger charge is 2.03. The van der Waals surface area contributed by atoms with Gasteiger partial charge in [0.25, 0.3) is 0 Å². The van der Waals surface area contributed by atoms with Gasteiger partial charge in [0.1, 0.15) is 0 Å². The zero-order valence-electron chi connectivity index (χ0n) is 7.83. The predicted octanol–water partition coefficient (Wildman–Crippen LogP) is 0.749. The summed E-state index contributed by atoms with van der Waals surface area (Å²) in [4.78, 5) is 10.8. The highest BCUT2D eigenvalue weighted by molar-refractivity contribution is 5.67. The fourth-order valence-corrected chi connectivity index (χ4v) is 0.524. The Morgan fingerprint density at radius 3 is 2.50 bits per heavy atom. The van der Waals surface area contributed by atoms with Crippen LogP contribution in [0.5, 0.6) is 0 Å². The van der Waals surface area contributed by atoms with Crippen LogP contribution in [0.3, 0.4) is 0 Å². The van der Waals surface area contributed by atoms with Crippen LogP contribution in [0.4, 0.5) is 4.79 Å². The van der Waals surface area contributed by atoms with Crippen LogP contribution >= 0.6 is 0 Å². The van der Waals surface area contributed by atoms with Crippen LogP contribution in [-0.4, -0.2) is 30.5 Å². The van der Waals surface area contributed by atoms with Crippen LogP contribution in [0, 0.1) is 5.92 Å². The lowest BCUT2D eigenvalue weighted by Crippen LogP contribution is -2.31. The van der Waals surface area contributed by atoms with E-state index < -0.39 is 12.2 Å². The molecule has 0 bridgehead atoms. The monoisotopic (exact) mass is 175 g/mol. The van der Waals surface area contributed by atoms with Gasteiger partial charge in [-0.1, -0.05) is 13.8 Å². The molecule has 0 spiro atoms. The summed E-state index contributed by atoms with van der Waals surface area (Å²) >= 11 is 0. The van der Waals surface area contributed by atoms with Crippen LogP contribution in [0.2, 0.25) is 0 Å². The molecule has 4 heteroatoms. The summed E-state index contributed by atoms with van der Waals surface area (Å²) in [5.41, 5.74) is 0. The van der Waals surface area contributed by atoms with Crippen molar-refractivity contribution in [2.24, 2.45) is 5.92 Å². The van der Waals surface area contributed by atoms with Gasteiger partial charge in [-0.2, -0.15) is 0 Å². The minimum atomic E-state index is -0.531. The number of amides is 1. The van der Waals surface area contributed by atoms with E-state index >= 15 is 0 Å². The third-order valence-corrected chi connectivity index (χ3v) is 1.09. The molecule has 12 heavy (non-hydrogen) atoms. The second kappa shape index (κ2) is 5.83. The summed E-state index contributed by atoms with van der Waals surface area (Å²) in [5, 5.41) is 11.2. The van der Waals surface area contributed by atoms with Crippen LogP contribution in [-0.2, 0) is 4.74 Å². The Kier molecular flexibility index (Phi) is 5.45. The molecule has 0 saturated carbocycles. The summed E-state index contributed by atoms with van der Waals surface area (Å²) in [7, 11) is 0. The van der Waals surface area contributed by atoms with Crippen LogP contribution in [0.1, 0.15) is 20.8 Å². The third-order valence-electron chi connectivity index (χ3n) is 1.09. The Labute approximate surface area is 72.9 Å². The molecule has 0 aliphatic rings. The SMILES string of the molecule is CC(C)COC(=O)NC[C@H](C)O. The Bertz CT molecular complexity index is 120. The molecule has 0 aromatic heterocycles. The maximum Gasteiger partial charge on any atom is 0.407 e. The molecule has 2 N–H and O–H groups in total. The highest BCUT2D eigenvalue weighted by Crippen LogP contribution is 1.92. The second-order valence-corrected chi connectivity index (χ2v) is 3.22. The van der Waals surface area contributed by atoms with Gasteiger partial charge < -0.3 is 15.2 Å². The third kappa shape index (κ3) is 7.34. The predicted molar refractivity (Wildman–Crippen MR) is 45.9 cm³/mol. The highest BCUT2D eigenvalue weighted by atomic mass is 16.5. The van der Waals surface area contributed by atoms with Gasteiger partial charge in [0.2, 0.25) is 0 Å². The molecular weight excluding hydrogens is 158 g/mol. The first kappa shape index (κ1) is 11.2. The lowest BCUT2D eigenvalue weighted by atomic mass is 10.2. The molecule has 0 unspecified atom stereocenters. The van der Waals surface area contributed by atoms with Gasteiger partial charge in [0.15, 0.2) is 0 Å². The summed E-state index contributed by atoms with van der Waals surface area (Å²) in [6, 6.07) is 0. The van der Waals surface area contributed by atoms with E-state index in [-0.39, 0.29) is 6.54 Å². The number of hydrogen-bond donors (Lipinski definition) is 2. The van der Waals surface area contributed by atoms with Gasteiger partial charge in [0, 0.05) is 6.54 Å². The fraction of sp³-hybridized carbons (Fsp3) is 0.875. The van der Waals surface area contributed by atoms with Gasteiger partial charge in [-0.3, -0.25) is 0 Å². The summed E-state index contributed by atoms with van der Waals surface area (Å²) in [6.45, 7) is 6.16. The molecule has 1 atom stereocenters. The van der Waals surface area contributed by atoms with E-state index in [0.717, 1.165) is 0 Å². The molecule has 0 aromatic rings. The van der Waals surface area contributed by atoms with Crippen molar-refractivity contribution >= 4 is 6.09 Å². The van der Waals surface area contributed by atoms with E-state index in [0.29, 0.717) is 12.5 Å². The lowest BCUT2D eigenvalue weighted by molar-refractivity contribution is 0.124. The van der Waals surface area contributed by atoms with Crippen molar-refractivity contribution in [2.75, 3.05) is 13.2 Å². The summed E-state index contributed by atoms with van der Waals surface area (Å²) < 4.78 is 4.79. The number of carbonyl (C=O) groups is 1. The quantitative estimate of drug-likeness (QED) is 0.662. The number of hydrogen-bond acceptors (Lipinski definition) is 3.